The standard InChI is InChI=1S/C17H18N6O2/c24-17(14-6-18-12-19-7-14)23-3-4-25-11-13(9-23)5-15-10-22-2-1-20-16(22)8-21-15/h1-2,6-8,10,12-13H,3-5,9,11H2/t13-/m1/s1. The molecule has 128 valence electrons. The van der Waals surface area contributed by atoms with Gasteiger partial charge in [-0.3, -0.25) is 9.78 Å². The number of imidazole rings is 1. The van der Waals surface area contributed by atoms with E-state index in [-0.39, 0.29) is 11.8 Å². The number of hydrogen-bond donors (Lipinski definition) is 0. The van der Waals surface area contributed by atoms with Crippen LogP contribution >= 0.6 is 0 Å². The third kappa shape index (κ3) is 3.48. The van der Waals surface area contributed by atoms with Gasteiger partial charge in [0, 0.05) is 50.0 Å². The van der Waals surface area contributed by atoms with Crippen LogP contribution in [0.2, 0.25) is 0 Å². The van der Waals surface area contributed by atoms with Gasteiger partial charge in [0.25, 0.3) is 5.91 Å². The van der Waals surface area contributed by atoms with Gasteiger partial charge in [-0.15, -0.1) is 0 Å². The Morgan fingerprint density at radius 2 is 2.12 bits per heavy atom. The zero-order valence-corrected chi connectivity index (χ0v) is 13.7. The van der Waals surface area contributed by atoms with Crippen LogP contribution in [0.15, 0.2) is 43.5 Å². The van der Waals surface area contributed by atoms with Crippen molar-refractivity contribution in [1.29, 1.82) is 0 Å². The van der Waals surface area contributed by atoms with E-state index in [1.165, 1.54) is 6.33 Å². The van der Waals surface area contributed by atoms with E-state index >= 15 is 0 Å². The summed E-state index contributed by atoms with van der Waals surface area (Å²) in [4.78, 5) is 31.0. The fourth-order valence-electron chi connectivity index (χ4n) is 3.05. The maximum Gasteiger partial charge on any atom is 0.257 e. The van der Waals surface area contributed by atoms with Crippen LogP contribution in [-0.4, -0.2) is 61.4 Å². The van der Waals surface area contributed by atoms with Crippen LogP contribution in [0.1, 0.15) is 16.1 Å². The largest absolute Gasteiger partial charge is 0.379 e. The maximum atomic E-state index is 12.7. The van der Waals surface area contributed by atoms with Crippen LogP contribution < -0.4 is 0 Å². The molecule has 1 aliphatic heterocycles. The van der Waals surface area contributed by atoms with Crippen molar-refractivity contribution >= 4 is 11.6 Å². The lowest BCUT2D eigenvalue weighted by atomic mass is 10.0. The summed E-state index contributed by atoms with van der Waals surface area (Å²) in [6.07, 6.45) is 12.6. The van der Waals surface area contributed by atoms with E-state index in [2.05, 4.69) is 19.9 Å². The predicted octanol–water partition coefficient (Wildman–Crippen LogP) is 0.851. The van der Waals surface area contributed by atoms with Crippen molar-refractivity contribution in [1.82, 2.24) is 29.2 Å². The van der Waals surface area contributed by atoms with Crippen molar-refractivity contribution in [2.75, 3.05) is 26.3 Å². The number of ether oxygens (including phenoxy) is 1. The second-order valence-corrected chi connectivity index (χ2v) is 6.09. The molecule has 1 fully saturated rings. The Labute approximate surface area is 144 Å². The molecule has 8 nitrogen and oxygen atoms in total. The first kappa shape index (κ1) is 15.6. The maximum absolute atomic E-state index is 12.7. The van der Waals surface area contributed by atoms with Gasteiger partial charge in [0.1, 0.15) is 6.33 Å². The van der Waals surface area contributed by atoms with E-state index < -0.39 is 0 Å². The molecule has 8 heteroatoms. The van der Waals surface area contributed by atoms with Gasteiger partial charge in [-0.2, -0.15) is 0 Å². The molecule has 1 saturated heterocycles. The molecule has 1 atom stereocenters. The van der Waals surface area contributed by atoms with E-state index in [1.807, 2.05) is 21.7 Å². The lowest BCUT2D eigenvalue weighted by Crippen LogP contribution is -2.36. The molecule has 1 amide bonds. The quantitative estimate of drug-likeness (QED) is 0.704. The molecule has 0 unspecified atom stereocenters. The van der Waals surface area contributed by atoms with E-state index in [0.29, 0.717) is 31.9 Å². The van der Waals surface area contributed by atoms with Gasteiger partial charge in [0.2, 0.25) is 0 Å². The first-order valence-corrected chi connectivity index (χ1v) is 8.19. The molecule has 0 aliphatic carbocycles. The monoisotopic (exact) mass is 338 g/mol. The summed E-state index contributed by atoms with van der Waals surface area (Å²) in [5, 5.41) is 0. The van der Waals surface area contributed by atoms with Gasteiger partial charge in [-0.25, -0.2) is 15.0 Å². The van der Waals surface area contributed by atoms with Crippen molar-refractivity contribution in [2.45, 2.75) is 6.42 Å². The zero-order valence-electron chi connectivity index (χ0n) is 13.7. The van der Waals surface area contributed by atoms with Crippen molar-refractivity contribution in [3.63, 3.8) is 0 Å². The first-order chi connectivity index (χ1) is 12.3. The highest BCUT2D eigenvalue weighted by atomic mass is 16.5. The van der Waals surface area contributed by atoms with Crippen LogP contribution in [0.4, 0.5) is 0 Å². The number of amides is 1. The molecule has 3 aromatic rings. The van der Waals surface area contributed by atoms with E-state index in [9.17, 15) is 4.79 Å². The van der Waals surface area contributed by atoms with Gasteiger partial charge < -0.3 is 14.0 Å². The summed E-state index contributed by atoms with van der Waals surface area (Å²) in [5.41, 5.74) is 2.28. The zero-order chi connectivity index (χ0) is 17.1. The molecule has 1 aliphatic rings. The normalized spacial score (nSPS) is 18.2. The minimum Gasteiger partial charge on any atom is -0.379 e. The molecule has 3 aromatic heterocycles. The topological polar surface area (TPSA) is 85.5 Å². The van der Waals surface area contributed by atoms with Crippen molar-refractivity contribution in [2.24, 2.45) is 5.92 Å². The van der Waals surface area contributed by atoms with Gasteiger partial charge in [0.15, 0.2) is 5.65 Å². The number of aromatic nitrogens is 5. The Hall–Kier alpha value is -2.87. The number of nitrogens with zero attached hydrogens (tertiary/aromatic N) is 6. The van der Waals surface area contributed by atoms with Crippen LogP contribution in [0.3, 0.4) is 0 Å². The molecule has 4 heterocycles. The molecular formula is C17H18N6O2. The van der Waals surface area contributed by atoms with Crippen molar-refractivity contribution in [3.8, 4) is 0 Å². The van der Waals surface area contributed by atoms with E-state index in [0.717, 1.165) is 17.8 Å². The predicted molar refractivity (Wildman–Crippen MR) is 88.9 cm³/mol. The second-order valence-electron chi connectivity index (χ2n) is 6.09. The lowest BCUT2D eigenvalue weighted by molar-refractivity contribution is 0.0736. The summed E-state index contributed by atoms with van der Waals surface area (Å²) in [7, 11) is 0. The number of rotatable bonds is 3. The fourth-order valence-corrected chi connectivity index (χ4v) is 3.05. The Kier molecular flexibility index (Phi) is 4.34. The molecule has 4 rings (SSSR count). The lowest BCUT2D eigenvalue weighted by Gasteiger charge is -2.23. The average molecular weight is 338 g/mol. The molecular weight excluding hydrogens is 320 g/mol. The van der Waals surface area contributed by atoms with E-state index in [4.69, 9.17) is 4.74 Å². The van der Waals surface area contributed by atoms with Crippen molar-refractivity contribution in [3.05, 3.63) is 54.8 Å². The molecule has 0 saturated carbocycles. The minimum absolute atomic E-state index is 0.0610. The van der Waals surface area contributed by atoms with Gasteiger partial charge in [0.05, 0.1) is 30.7 Å². The highest BCUT2D eigenvalue weighted by Gasteiger charge is 2.24. The summed E-state index contributed by atoms with van der Waals surface area (Å²) < 4.78 is 7.64. The molecule has 25 heavy (non-hydrogen) atoms. The minimum atomic E-state index is -0.0610. The molecule has 0 radical (unpaired) electrons. The molecule has 0 bridgehead atoms. The van der Waals surface area contributed by atoms with Gasteiger partial charge in [-0.1, -0.05) is 0 Å². The Morgan fingerprint density at radius 1 is 1.24 bits per heavy atom. The Balaban J connectivity index is 1.48. The van der Waals surface area contributed by atoms with E-state index in [1.54, 1.807) is 24.8 Å². The van der Waals surface area contributed by atoms with Gasteiger partial charge in [-0.05, 0) is 6.42 Å². The van der Waals surface area contributed by atoms with Crippen molar-refractivity contribution < 1.29 is 9.53 Å². The molecule has 0 spiro atoms. The highest BCUT2D eigenvalue weighted by molar-refractivity contribution is 5.93. The van der Waals surface area contributed by atoms with Crippen LogP contribution in [0, 0.1) is 5.92 Å². The van der Waals surface area contributed by atoms with Crippen LogP contribution in [0.25, 0.3) is 5.65 Å². The SMILES string of the molecule is O=C(c1cncnc1)N1CCOC[C@H](Cc2cn3ccnc3cn2)C1. The molecule has 0 N–H and O–H groups in total. The smallest absolute Gasteiger partial charge is 0.257 e. The molecule has 0 aromatic carbocycles. The summed E-state index contributed by atoms with van der Waals surface area (Å²) in [5.74, 6) is 0.124. The Morgan fingerprint density at radius 3 is 3.00 bits per heavy atom. The second kappa shape index (κ2) is 6.94. The first-order valence-electron chi connectivity index (χ1n) is 8.19. The number of carbonyl (C=O) groups is 1. The summed E-state index contributed by atoms with van der Waals surface area (Å²) in [6.45, 7) is 2.33. The number of fused-ring (bicyclic) bond motifs is 1. The average Bonchev–Trinajstić information content (AvgIpc) is 2.99. The summed E-state index contributed by atoms with van der Waals surface area (Å²) in [6, 6.07) is 0. The fraction of sp³-hybridized carbons (Fsp3) is 0.353. The number of carbonyl (C=O) groups excluding carboxylic acids is 1. The third-order valence-electron chi connectivity index (χ3n) is 4.26. The third-order valence-corrected chi connectivity index (χ3v) is 4.26. The van der Waals surface area contributed by atoms with Gasteiger partial charge >= 0.3 is 0 Å². The summed E-state index contributed by atoms with van der Waals surface area (Å²) >= 11 is 0. The van der Waals surface area contributed by atoms with Crippen LogP contribution in [-0.2, 0) is 11.2 Å². The number of hydrogen-bond acceptors (Lipinski definition) is 6. The Bertz CT molecular complexity index is 866. The van der Waals surface area contributed by atoms with Crippen LogP contribution in [0.5, 0.6) is 0 Å². The highest BCUT2D eigenvalue weighted by Crippen LogP contribution is 2.15.